The fraction of sp³-hybridized carbons (Fsp3) is 0.524. The molecule has 28 heavy (non-hydrogen) atoms. The fourth-order valence-electron chi connectivity index (χ4n) is 3.58. The van der Waals surface area contributed by atoms with Crippen molar-refractivity contribution in [1.82, 2.24) is 9.97 Å². The Balaban J connectivity index is 1.70. The van der Waals surface area contributed by atoms with E-state index in [1.165, 1.54) is 16.6 Å². The molecular formula is C21H26N4OS2. The lowest BCUT2D eigenvalue weighted by Crippen LogP contribution is -2.26. The highest BCUT2D eigenvalue weighted by Gasteiger charge is 2.32. The number of thiophene rings is 1. The number of hydrogen-bond donors (Lipinski definition) is 1. The largest absolute Gasteiger partial charge is 0.316 e. The second kappa shape index (κ2) is 8.22. The molecule has 1 unspecified atom stereocenters. The van der Waals surface area contributed by atoms with Crippen molar-refractivity contribution in [2.45, 2.75) is 59.0 Å². The standard InChI is InChI=1S/C21H26N4OS2/c1-12-8-13(2)24-20(23-12)27-11-18(26)25-19-16(10-22)15-7-6-14(21(3,4)5)9-17(15)28-19/h8,14H,6-7,9,11H2,1-5H3,(H,25,26). The van der Waals surface area contributed by atoms with Gasteiger partial charge in [0.05, 0.1) is 11.3 Å². The zero-order valence-corrected chi connectivity index (χ0v) is 18.7. The molecule has 3 rings (SSSR count). The molecule has 0 aliphatic heterocycles. The van der Waals surface area contributed by atoms with E-state index < -0.39 is 0 Å². The molecule has 7 heteroatoms. The van der Waals surface area contributed by atoms with Crippen LogP contribution in [0.5, 0.6) is 0 Å². The van der Waals surface area contributed by atoms with Crippen molar-refractivity contribution in [3.8, 4) is 6.07 Å². The first-order valence-corrected chi connectivity index (χ1v) is 11.3. The summed E-state index contributed by atoms with van der Waals surface area (Å²) < 4.78 is 0. The average Bonchev–Trinajstić information content (AvgIpc) is 2.94. The molecule has 1 amide bonds. The van der Waals surface area contributed by atoms with Crippen LogP contribution in [-0.4, -0.2) is 21.6 Å². The molecule has 148 valence electrons. The zero-order chi connectivity index (χ0) is 20.5. The number of rotatable bonds is 4. The van der Waals surface area contributed by atoms with E-state index in [0.29, 0.717) is 21.6 Å². The van der Waals surface area contributed by atoms with Gasteiger partial charge in [0.25, 0.3) is 0 Å². The van der Waals surface area contributed by atoms with Crippen molar-refractivity contribution in [2.75, 3.05) is 11.1 Å². The number of aryl methyl sites for hydroxylation is 2. The molecule has 0 saturated heterocycles. The summed E-state index contributed by atoms with van der Waals surface area (Å²) in [5.74, 6) is 0.697. The van der Waals surface area contributed by atoms with Crippen LogP contribution in [0.15, 0.2) is 11.2 Å². The second-order valence-electron chi connectivity index (χ2n) is 8.40. The fourth-order valence-corrected chi connectivity index (χ4v) is 5.63. The van der Waals surface area contributed by atoms with Gasteiger partial charge in [-0.05, 0) is 56.1 Å². The normalized spacial score (nSPS) is 16.4. The highest BCUT2D eigenvalue weighted by atomic mass is 32.2. The first-order chi connectivity index (χ1) is 13.2. The minimum Gasteiger partial charge on any atom is -0.316 e. The molecular weight excluding hydrogens is 388 g/mol. The predicted octanol–water partition coefficient (Wildman–Crippen LogP) is 4.91. The van der Waals surface area contributed by atoms with E-state index in [4.69, 9.17) is 0 Å². The quantitative estimate of drug-likeness (QED) is 0.568. The van der Waals surface area contributed by atoms with E-state index in [9.17, 15) is 10.1 Å². The Bertz CT molecular complexity index is 917. The minimum absolute atomic E-state index is 0.129. The van der Waals surface area contributed by atoms with E-state index in [2.05, 4.69) is 42.1 Å². The minimum atomic E-state index is -0.129. The smallest absolute Gasteiger partial charge is 0.235 e. The van der Waals surface area contributed by atoms with Crippen molar-refractivity contribution in [3.63, 3.8) is 0 Å². The maximum Gasteiger partial charge on any atom is 0.235 e. The highest BCUT2D eigenvalue weighted by Crippen LogP contribution is 2.44. The predicted molar refractivity (Wildman–Crippen MR) is 115 cm³/mol. The van der Waals surface area contributed by atoms with E-state index >= 15 is 0 Å². The molecule has 2 aromatic heterocycles. The lowest BCUT2D eigenvalue weighted by atomic mass is 9.72. The molecule has 2 aromatic rings. The van der Waals surface area contributed by atoms with Gasteiger partial charge in [0.2, 0.25) is 5.91 Å². The van der Waals surface area contributed by atoms with Crippen LogP contribution in [0, 0.1) is 36.5 Å². The zero-order valence-electron chi connectivity index (χ0n) is 17.0. The summed E-state index contributed by atoms with van der Waals surface area (Å²) in [5.41, 5.74) is 3.81. The Kier molecular flexibility index (Phi) is 6.11. The molecule has 5 nitrogen and oxygen atoms in total. The number of nitriles is 1. The molecule has 1 aliphatic rings. The molecule has 1 aliphatic carbocycles. The van der Waals surface area contributed by atoms with Gasteiger partial charge in [-0.2, -0.15) is 5.26 Å². The average molecular weight is 415 g/mol. The van der Waals surface area contributed by atoms with Crippen LogP contribution in [0.25, 0.3) is 0 Å². The molecule has 0 spiro atoms. The molecule has 1 N–H and O–H groups in total. The topological polar surface area (TPSA) is 78.7 Å². The Morgan fingerprint density at radius 3 is 2.64 bits per heavy atom. The van der Waals surface area contributed by atoms with Gasteiger partial charge in [-0.1, -0.05) is 32.5 Å². The van der Waals surface area contributed by atoms with Crippen LogP contribution >= 0.6 is 23.1 Å². The van der Waals surface area contributed by atoms with Gasteiger partial charge in [0.15, 0.2) is 5.16 Å². The van der Waals surface area contributed by atoms with E-state index in [1.807, 2.05) is 19.9 Å². The van der Waals surface area contributed by atoms with Gasteiger partial charge >= 0.3 is 0 Å². The van der Waals surface area contributed by atoms with Crippen molar-refractivity contribution in [3.05, 3.63) is 33.5 Å². The maximum atomic E-state index is 12.5. The van der Waals surface area contributed by atoms with Gasteiger partial charge in [-0.25, -0.2) is 9.97 Å². The number of nitrogens with zero attached hydrogens (tertiary/aromatic N) is 3. The van der Waals surface area contributed by atoms with Crippen molar-refractivity contribution in [1.29, 1.82) is 5.26 Å². The van der Waals surface area contributed by atoms with Crippen LogP contribution in [0.1, 0.15) is 54.6 Å². The van der Waals surface area contributed by atoms with Gasteiger partial charge in [0, 0.05) is 16.3 Å². The molecule has 0 fully saturated rings. The third-order valence-electron chi connectivity index (χ3n) is 5.15. The van der Waals surface area contributed by atoms with Crippen LogP contribution in [0.3, 0.4) is 0 Å². The number of fused-ring (bicyclic) bond motifs is 1. The van der Waals surface area contributed by atoms with Crippen molar-refractivity contribution >= 4 is 34.0 Å². The third-order valence-corrected chi connectivity index (χ3v) is 7.17. The van der Waals surface area contributed by atoms with E-state index in [1.54, 1.807) is 11.3 Å². The molecule has 0 bridgehead atoms. The summed E-state index contributed by atoms with van der Waals surface area (Å²) in [6.07, 6.45) is 2.99. The van der Waals surface area contributed by atoms with Gasteiger partial charge in [-0.3, -0.25) is 4.79 Å². The van der Waals surface area contributed by atoms with Crippen LogP contribution in [-0.2, 0) is 17.6 Å². The Morgan fingerprint density at radius 1 is 1.36 bits per heavy atom. The van der Waals surface area contributed by atoms with Gasteiger partial charge in [0.1, 0.15) is 11.1 Å². The third kappa shape index (κ3) is 4.73. The maximum absolute atomic E-state index is 12.5. The van der Waals surface area contributed by atoms with E-state index in [0.717, 1.165) is 36.2 Å². The number of aromatic nitrogens is 2. The number of amides is 1. The lowest BCUT2D eigenvalue weighted by molar-refractivity contribution is -0.113. The Hall–Kier alpha value is -1.91. The Morgan fingerprint density at radius 2 is 2.04 bits per heavy atom. The number of thioether (sulfide) groups is 1. The summed E-state index contributed by atoms with van der Waals surface area (Å²) in [7, 11) is 0. The van der Waals surface area contributed by atoms with Gasteiger partial charge < -0.3 is 5.32 Å². The van der Waals surface area contributed by atoms with Crippen molar-refractivity contribution < 1.29 is 4.79 Å². The van der Waals surface area contributed by atoms with Gasteiger partial charge in [-0.15, -0.1) is 11.3 Å². The second-order valence-corrected chi connectivity index (χ2v) is 10.4. The van der Waals surface area contributed by atoms with Crippen molar-refractivity contribution in [2.24, 2.45) is 11.3 Å². The monoisotopic (exact) mass is 414 g/mol. The van der Waals surface area contributed by atoms with E-state index in [-0.39, 0.29) is 17.1 Å². The summed E-state index contributed by atoms with van der Waals surface area (Å²) in [6, 6.07) is 4.22. The van der Waals surface area contributed by atoms with Crippen LogP contribution in [0.2, 0.25) is 0 Å². The number of carbonyl (C=O) groups is 1. The number of anilines is 1. The van der Waals surface area contributed by atoms with Crippen LogP contribution < -0.4 is 5.32 Å². The molecule has 2 heterocycles. The first-order valence-electron chi connectivity index (χ1n) is 9.47. The molecule has 0 radical (unpaired) electrons. The Labute approximate surface area is 175 Å². The lowest BCUT2D eigenvalue weighted by Gasteiger charge is -2.33. The number of nitrogens with one attached hydrogen (secondary N) is 1. The summed E-state index contributed by atoms with van der Waals surface area (Å²) in [4.78, 5) is 22.4. The number of carbonyl (C=O) groups excluding carboxylic acids is 1. The van der Waals surface area contributed by atoms with Crippen LogP contribution in [0.4, 0.5) is 5.00 Å². The molecule has 0 saturated carbocycles. The molecule has 1 atom stereocenters. The first kappa shape index (κ1) is 20.8. The highest BCUT2D eigenvalue weighted by molar-refractivity contribution is 7.99. The molecule has 0 aromatic carbocycles. The SMILES string of the molecule is Cc1cc(C)nc(SCC(=O)Nc2sc3c(c2C#N)CCC(C(C)(C)C)C3)n1. The number of hydrogen-bond acceptors (Lipinski definition) is 6. The summed E-state index contributed by atoms with van der Waals surface area (Å²) in [5, 5.41) is 13.9. The summed E-state index contributed by atoms with van der Waals surface area (Å²) >= 11 is 2.88. The summed E-state index contributed by atoms with van der Waals surface area (Å²) in [6.45, 7) is 10.7.